The fourth-order valence-electron chi connectivity index (χ4n) is 5.52. The summed E-state index contributed by atoms with van der Waals surface area (Å²) in [5.41, 5.74) is 0.960. The molecule has 0 aromatic rings. The van der Waals surface area contributed by atoms with Gasteiger partial charge in [0.2, 0.25) is 0 Å². The van der Waals surface area contributed by atoms with E-state index < -0.39 is 31.5 Å². The van der Waals surface area contributed by atoms with Gasteiger partial charge >= 0.3 is 0 Å². The Bertz CT molecular complexity index is 1010. The number of aliphatic hydroxyl groups is 3. The third-order valence-corrected chi connectivity index (χ3v) is 7.08. The Hall–Kier alpha value is -1.60. The van der Waals surface area contributed by atoms with Crippen LogP contribution in [-0.4, -0.2) is 33.1 Å². The highest BCUT2D eigenvalue weighted by Crippen LogP contribution is 2.56. The van der Waals surface area contributed by atoms with Crippen molar-refractivity contribution >= 4 is 0 Å². The Morgan fingerprint density at radius 3 is 2.90 bits per heavy atom. The Morgan fingerprint density at radius 2 is 2.17 bits per heavy atom. The summed E-state index contributed by atoms with van der Waals surface area (Å²) >= 11 is 0. The molecule has 3 N–H and O–H groups in total. The van der Waals surface area contributed by atoms with Gasteiger partial charge in [-0.05, 0) is 74.2 Å². The van der Waals surface area contributed by atoms with E-state index >= 15 is 0 Å². The number of hydrogen-bond donors (Lipinski definition) is 3. The van der Waals surface area contributed by atoms with E-state index in [1.807, 2.05) is 13.0 Å². The van der Waals surface area contributed by atoms with Gasteiger partial charge in [0.15, 0.2) is 0 Å². The van der Waals surface area contributed by atoms with Gasteiger partial charge in [0, 0.05) is 21.1 Å². The maximum Gasteiger partial charge on any atom is 0.119 e. The second-order valence-corrected chi connectivity index (χ2v) is 9.40. The van der Waals surface area contributed by atoms with Crippen LogP contribution in [0, 0.1) is 29.1 Å². The van der Waals surface area contributed by atoms with E-state index in [9.17, 15) is 15.3 Å². The van der Waals surface area contributed by atoms with Crippen molar-refractivity contribution < 1.29 is 23.5 Å². The first-order valence-electron chi connectivity index (χ1n) is 13.9. The molecule has 3 aliphatic carbocycles. The van der Waals surface area contributed by atoms with Crippen molar-refractivity contribution in [2.75, 3.05) is 0 Å². The molecule has 0 aliphatic heterocycles. The number of aliphatic hydroxyl groups excluding tert-OH is 2. The summed E-state index contributed by atoms with van der Waals surface area (Å²) in [7, 11) is 0. The average molecular weight is 417 g/mol. The Labute approximate surface area is 190 Å². The number of allylic oxidation sites excluding steroid dienone is 5. The quantitative estimate of drug-likeness (QED) is 0.455. The van der Waals surface area contributed by atoms with Gasteiger partial charge in [-0.2, -0.15) is 0 Å². The standard InChI is InChI=1S/C27H38O3/c1-18(8-6-14-26(3,4)30)23-12-13-24-20(9-7-15-27(23,24)5)10-11-21-16-22(28)17-25(29)19(21)2/h10-12,18,22,24-25,28-30H,2,7-9,13,15-17H2,1,3-5H3/b20-10+,21-11-/t18-,22-,24+,25+,27-/m1/s1/i3D3,4D3. The summed E-state index contributed by atoms with van der Waals surface area (Å²) in [5, 5.41) is 30.6. The van der Waals surface area contributed by atoms with Gasteiger partial charge < -0.3 is 15.3 Å². The van der Waals surface area contributed by atoms with Crippen LogP contribution in [0.5, 0.6) is 0 Å². The van der Waals surface area contributed by atoms with Crippen LogP contribution in [0.1, 0.15) is 80.7 Å². The van der Waals surface area contributed by atoms with Crippen molar-refractivity contribution in [1.29, 1.82) is 0 Å². The lowest BCUT2D eigenvalue weighted by atomic mass is 9.62. The summed E-state index contributed by atoms with van der Waals surface area (Å²) in [4.78, 5) is 0. The van der Waals surface area contributed by atoms with E-state index in [4.69, 9.17) is 8.22 Å². The summed E-state index contributed by atoms with van der Waals surface area (Å²) in [6.45, 7) is 1.95. The van der Waals surface area contributed by atoms with Crippen LogP contribution in [0.25, 0.3) is 0 Å². The third kappa shape index (κ3) is 4.99. The van der Waals surface area contributed by atoms with Crippen LogP contribution >= 0.6 is 0 Å². The fraction of sp³-hybridized carbons (Fsp3) is 0.630. The number of hydrogen-bond acceptors (Lipinski definition) is 3. The molecule has 0 aromatic heterocycles. The lowest BCUT2D eigenvalue weighted by molar-refractivity contribution is 0.0862. The molecular weight excluding hydrogens is 372 g/mol. The van der Waals surface area contributed by atoms with E-state index in [0.717, 1.165) is 31.3 Å². The van der Waals surface area contributed by atoms with Crippen molar-refractivity contribution in [1.82, 2.24) is 0 Å². The molecule has 0 aromatic carbocycles. The van der Waals surface area contributed by atoms with E-state index in [0.29, 0.717) is 24.3 Å². The molecule has 0 bridgehead atoms. The van der Waals surface area contributed by atoms with Gasteiger partial charge in [0.25, 0.3) is 0 Å². The van der Waals surface area contributed by atoms with Crippen molar-refractivity contribution in [2.24, 2.45) is 17.3 Å². The zero-order valence-electron chi connectivity index (χ0n) is 24.0. The first-order chi connectivity index (χ1) is 16.5. The van der Waals surface area contributed by atoms with Crippen LogP contribution in [0.2, 0.25) is 0 Å². The number of fused-ring (bicyclic) bond motifs is 1. The van der Waals surface area contributed by atoms with E-state index in [2.05, 4.69) is 37.5 Å². The molecule has 0 amide bonds. The molecule has 0 radical (unpaired) electrons. The number of rotatable bonds is 3. The molecule has 0 unspecified atom stereocenters. The van der Waals surface area contributed by atoms with Crippen LogP contribution in [0.4, 0.5) is 0 Å². The SMILES string of the molecule is [2H]C([2H])([2H])C(O)(C#CC[C@@H](C)C1=CC[C@H]2/C(=C/C=C3/C[C@@H](O)C[C@H](O)C3=C)CCC[C@]12C)C([2H])([2H])[2H]. The van der Waals surface area contributed by atoms with Gasteiger partial charge in [-0.15, -0.1) is 0 Å². The summed E-state index contributed by atoms with van der Waals surface area (Å²) < 4.78 is 44.9. The predicted molar refractivity (Wildman–Crippen MR) is 123 cm³/mol. The van der Waals surface area contributed by atoms with Crippen molar-refractivity contribution in [3.8, 4) is 11.8 Å². The lowest BCUT2D eigenvalue weighted by Crippen LogP contribution is -2.32. The van der Waals surface area contributed by atoms with E-state index in [-0.39, 0.29) is 17.8 Å². The lowest BCUT2D eigenvalue weighted by Gasteiger charge is -2.42. The van der Waals surface area contributed by atoms with Crippen LogP contribution in [0.3, 0.4) is 0 Å². The van der Waals surface area contributed by atoms with Gasteiger partial charge in [0.05, 0.1) is 12.2 Å². The molecule has 3 nitrogen and oxygen atoms in total. The molecule has 0 spiro atoms. The molecule has 3 heteroatoms. The van der Waals surface area contributed by atoms with Crippen molar-refractivity contribution in [2.45, 2.75) is 90.3 Å². The van der Waals surface area contributed by atoms with Crippen molar-refractivity contribution in [3.63, 3.8) is 0 Å². The largest absolute Gasteiger partial charge is 0.393 e. The second-order valence-electron chi connectivity index (χ2n) is 9.40. The molecule has 5 atom stereocenters. The molecule has 3 rings (SSSR count). The first-order valence-corrected chi connectivity index (χ1v) is 10.9. The Morgan fingerprint density at radius 1 is 1.40 bits per heavy atom. The normalized spacial score (nSPS) is 39.4. The topological polar surface area (TPSA) is 60.7 Å². The van der Waals surface area contributed by atoms with Gasteiger partial charge in [-0.25, -0.2) is 0 Å². The monoisotopic (exact) mass is 416 g/mol. The summed E-state index contributed by atoms with van der Waals surface area (Å²) in [6.07, 6.45) is 9.99. The minimum absolute atomic E-state index is 0.0222. The molecule has 2 fully saturated rings. The highest BCUT2D eigenvalue weighted by atomic mass is 16.3. The fourth-order valence-corrected chi connectivity index (χ4v) is 5.52. The van der Waals surface area contributed by atoms with Crippen LogP contribution in [-0.2, 0) is 0 Å². The molecular formula is C27H38O3. The zero-order chi connectivity index (χ0) is 27.1. The molecule has 0 heterocycles. The summed E-state index contributed by atoms with van der Waals surface area (Å²) in [5.74, 6) is 5.14. The van der Waals surface area contributed by atoms with Crippen LogP contribution in [0.15, 0.2) is 47.1 Å². The molecule has 164 valence electrons. The molecule has 3 aliphatic rings. The maximum atomic E-state index is 10.4. The van der Waals surface area contributed by atoms with Gasteiger partial charge in [-0.3, -0.25) is 0 Å². The maximum absolute atomic E-state index is 10.4. The summed E-state index contributed by atoms with van der Waals surface area (Å²) in [6, 6.07) is 0. The third-order valence-electron chi connectivity index (χ3n) is 7.08. The molecule has 2 saturated carbocycles. The van der Waals surface area contributed by atoms with Crippen LogP contribution < -0.4 is 0 Å². The average Bonchev–Trinajstić information content (AvgIpc) is 3.11. The highest BCUT2D eigenvalue weighted by Gasteiger charge is 2.45. The zero-order valence-corrected chi connectivity index (χ0v) is 18.0. The highest BCUT2D eigenvalue weighted by molar-refractivity contribution is 5.40. The Balaban J connectivity index is 1.78. The molecule has 30 heavy (non-hydrogen) atoms. The van der Waals surface area contributed by atoms with E-state index in [1.54, 1.807) is 0 Å². The van der Waals surface area contributed by atoms with Gasteiger partial charge in [-0.1, -0.05) is 61.6 Å². The predicted octanol–water partition coefficient (Wildman–Crippen LogP) is 4.85. The Kier molecular flexibility index (Phi) is 4.76. The minimum Gasteiger partial charge on any atom is -0.393 e. The smallest absolute Gasteiger partial charge is 0.119 e. The van der Waals surface area contributed by atoms with Crippen molar-refractivity contribution in [3.05, 3.63) is 47.1 Å². The second kappa shape index (κ2) is 8.87. The molecule has 0 saturated heterocycles. The van der Waals surface area contributed by atoms with E-state index in [1.165, 1.54) is 11.1 Å². The minimum atomic E-state index is -3.15. The first kappa shape index (κ1) is 16.1. The van der Waals surface area contributed by atoms with Gasteiger partial charge in [0.1, 0.15) is 5.60 Å².